The van der Waals surface area contributed by atoms with Gasteiger partial charge in [-0.15, -0.1) is 0 Å². The quantitative estimate of drug-likeness (QED) is 0.763. The summed E-state index contributed by atoms with van der Waals surface area (Å²) in [5.41, 5.74) is 5.65. The van der Waals surface area contributed by atoms with E-state index in [4.69, 9.17) is 10.5 Å². The molecule has 0 aromatic rings. The van der Waals surface area contributed by atoms with E-state index in [2.05, 4.69) is 6.92 Å². The Morgan fingerprint density at radius 2 is 2.12 bits per heavy atom. The van der Waals surface area contributed by atoms with Gasteiger partial charge >= 0.3 is 0 Å². The molecule has 16 heavy (non-hydrogen) atoms. The molecule has 1 unspecified atom stereocenters. The van der Waals surface area contributed by atoms with Crippen molar-refractivity contribution >= 4 is 5.91 Å². The molecule has 1 aliphatic rings. The maximum Gasteiger partial charge on any atom is 0.226 e. The number of ether oxygens (including phenoxy) is 1. The number of nitrogens with two attached hydrogens (primary N) is 1. The summed E-state index contributed by atoms with van der Waals surface area (Å²) in [6.07, 6.45) is 3.80. The standard InChI is InChI=1S/C12H24N2O2/c1-3-4-10(9-13)12(15)14(2)11-5-7-16-8-6-11/h10-11H,3-9,13H2,1-2H3. The van der Waals surface area contributed by atoms with Gasteiger partial charge < -0.3 is 15.4 Å². The van der Waals surface area contributed by atoms with Crippen LogP contribution in [-0.4, -0.2) is 43.7 Å². The van der Waals surface area contributed by atoms with E-state index in [0.717, 1.165) is 38.9 Å². The fraction of sp³-hybridized carbons (Fsp3) is 0.917. The van der Waals surface area contributed by atoms with Crippen molar-refractivity contribution in [3.8, 4) is 0 Å². The van der Waals surface area contributed by atoms with Crippen LogP contribution in [0.25, 0.3) is 0 Å². The molecule has 4 heteroatoms. The highest BCUT2D eigenvalue weighted by Gasteiger charge is 2.26. The van der Waals surface area contributed by atoms with Crippen LogP contribution in [0.15, 0.2) is 0 Å². The van der Waals surface area contributed by atoms with Gasteiger partial charge in [-0.2, -0.15) is 0 Å². The molecule has 0 radical (unpaired) electrons. The summed E-state index contributed by atoms with van der Waals surface area (Å²) in [5.74, 6) is 0.203. The predicted molar refractivity (Wildman–Crippen MR) is 64.1 cm³/mol. The molecule has 1 aliphatic heterocycles. The van der Waals surface area contributed by atoms with Gasteiger partial charge in [-0.1, -0.05) is 13.3 Å². The molecule has 1 heterocycles. The van der Waals surface area contributed by atoms with E-state index < -0.39 is 0 Å². The van der Waals surface area contributed by atoms with Gasteiger partial charge in [-0.3, -0.25) is 4.79 Å². The van der Waals surface area contributed by atoms with E-state index in [9.17, 15) is 4.79 Å². The predicted octanol–water partition coefficient (Wildman–Crippen LogP) is 0.999. The summed E-state index contributed by atoms with van der Waals surface area (Å²) < 4.78 is 5.30. The van der Waals surface area contributed by atoms with Gasteiger partial charge in [-0.05, 0) is 19.3 Å². The molecule has 0 aliphatic carbocycles. The van der Waals surface area contributed by atoms with Gasteiger partial charge in [0.25, 0.3) is 0 Å². The number of hydrogen-bond donors (Lipinski definition) is 1. The molecule has 1 fully saturated rings. The molecule has 0 spiro atoms. The van der Waals surface area contributed by atoms with E-state index in [1.807, 2.05) is 11.9 Å². The van der Waals surface area contributed by atoms with Crippen LogP contribution in [0.1, 0.15) is 32.6 Å². The SMILES string of the molecule is CCCC(CN)C(=O)N(C)C1CCOCC1. The first kappa shape index (κ1) is 13.5. The van der Waals surface area contributed by atoms with Crippen molar-refractivity contribution in [1.82, 2.24) is 4.90 Å². The smallest absolute Gasteiger partial charge is 0.226 e. The van der Waals surface area contributed by atoms with Crippen LogP contribution in [0.5, 0.6) is 0 Å². The first-order valence-electron chi connectivity index (χ1n) is 6.25. The molecular weight excluding hydrogens is 204 g/mol. The summed E-state index contributed by atoms with van der Waals surface area (Å²) in [7, 11) is 1.90. The van der Waals surface area contributed by atoms with E-state index >= 15 is 0 Å². The highest BCUT2D eigenvalue weighted by molar-refractivity contribution is 5.79. The second kappa shape index (κ2) is 6.86. The fourth-order valence-electron chi connectivity index (χ4n) is 2.23. The molecule has 4 nitrogen and oxygen atoms in total. The van der Waals surface area contributed by atoms with Crippen LogP contribution in [-0.2, 0) is 9.53 Å². The number of nitrogens with zero attached hydrogens (tertiary/aromatic N) is 1. The number of carbonyl (C=O) groups excluding carboxylic acids is 1. The summed E-state index contributed by atoms with van der Waals surface area (Å²) in [4.78, 5) is 14.1. The third-order valence-electron chi connectivity index (χ3n) is 3.36. The van der Waals surface area contributed by atoms with Crippen molar-refractivity contribution in [3.63, 3.8) is 0 Å². The maximum atomic E-state index is 12.2. The van der Waals surface area contributed by atoms with Crippen LogP contribution in [0.4, 0.5) is 0 Å². The molecular formula is C12H24N2O2. The Balaban J connectivity index is 2.49. The third kappa shape index (κ3) is 3.46. The average molecular weight is 228 g/mol. The first-order valence-corrected chi connectivity index (χ1v) is 6.25. The molecule has 0 saturated carbocycles. The van der Waals surface area contributed by atoms with Crippen LogP contribution in [0, 0.1) is 5.92 Å². The topological polar surface area (TPSA) is 55.6 Å². The van der Waals surface area contributed by atoms with Crippen molar-refractivity contribution in [2.45, 2.75) is 38.6 Å². The molecule has 2 N–H and O–H groups in total. The second-order valence-corrected chi connectivity index (χ2v) is 4.51. The monoisotopic (exact) mass is 228 g/mol. The minimum atomic E-state index is -0.00200. The highest BCUT2D eigenvalue weighted by Crippen LogP contribution is 2.17. The zero-order valence-corrected chi connectivity index (χ0v) is 10.4. The average Bonchev–Trinajstić information content (AvgIpc) is 2.35. The number of hydrogen-bond acceptors (Lipinski definition) is 3. The summed E-state index contributed by atoms with van der Waals surface area (Å²) in [5, 5.41) is 0. The summed E-state index contributed by atoms with van der Waals surface area (Å²) in [6, 6.07) is 0.340. The lowest BCUT2D eigenvalue weighted by Crippen LogP contribution is -2.45. The largest absolute Gasteiger partial charge is 0.381 e. The van der Waals surface area contributed by atoms with Gasteiger partial charge in [0.05, 0.1) is 5.92 Å². The zero-order chi connectivity index (χ0) is 12.0. The van der Waals surface area contributed by atoms with Crippen LogP contribution in [0.2, 0.25) is 0 Å². The Morgan fingerprint density at radius 3 is 2.62 bits per heavy atom. The molecule has 0 aromatic heterocycles. The normalized spacial score (nSPS) is 19.4. The molecule has 1 atom stereocenters. The van der Waals surface area contributed by atoms with Gasteiger partial charge in [0.1, 0.15) is 0 Å². The Morgan fingerprint density at radius 1 is 1.50 bits per heavy atom. The van der Waals surface area contributed by atoms with Crippen LogP contribution in [0.3, 0.4) is 0 Å². The van der Waals surface area contributed by atoms with E-state index in [-0.39, 0.29) is 11.8 Å². The Hall–Kier alpha value is -0.610. The van der Waals surface area contributed by atoms with Crippen molar-refractivity contribution in [2.24, 2.45) is 11.7 Å². The minimum absolute atomic E-state index is 0.00200. The van der Waals surface area contributed by atoms with Crippen molar-refractivity contribution < 1.29 is 9.53 Å². The Labute approximate surface area is 98.1 Å². The maximum absolute atomic E-state index is 12.2. The lowest BCUT2D eigenvalue weighted by Gasteiger charge is -2.33. The number of amides is 1. The molecule has 94 valence electrons. The number of carbonyl (C=O) groups is 1. The summed E-state index contributed by atoms with van der Waals surface area (Å²) >= 11 is 0. The summed E-state index contributed by atoms with van der Waals surface area (Å²) in [6.45, 7) is 4.08. The first-order chi connectivity index (χ1) is 7.70. The van der Waals surface area contributed by atoms with Gasteiger partial charge in [0, 0.05) is 32.8 Å². The van der Waals surface area contributed by atoms with E-state index in [0.29, 0.717) is 12.6 Å². The minimum Gasteiger partial charge on any atom is -0.381 e. The Bertz CT molecular complexity index is 215. The Kier molecular flexibility index (Phi) is 5.77. The number of rotatable bonds is 5. The highest BCUT2D eigenvalue weighted by atomic mass is 16.5. The molecule has 1 amide bonds. The lowest BCUT2D eigenvalue weighted by molar-refractivity contribution is -0.137. The van der Waals surface area contributed by atoms with Crippen molar-refractivity contribution in [3.05, 3.63) is 0 Å². The second-order valence-electron chi connectivity index (χ2n) is 4.51. The molecule has 0 bridgehead atoms. The zero-order valence-electron chi connectivity index (χ0n) is 10.4. The lowest BCUT2D eigenvalue weighted by atomic mass is 10.00. The third-order valence-corrected chi connectivity index (χ3v) is 3.36. The van der Waals surface area contributed by atoms with Crippen molar-refractivity contribution in [2.75, 3.05) is 26.8 Å². The van der Waals surface area contributed by atoms with Crippen molar-refractivity contribution in [1.29, 1.82) is 0 Å². The van der Waals surface area contributed by atoms with Gasteiger partial charge in [-0.25, -0.2) is 0 Å². The van der Waals surface area contributed by atoms with Gasteiger partial charge in [0.2, 0.25) is 5.91 Å². The molecule has 1 saturated heterocycles. The van der Waals surface area contributed by atoms with Gasteiger partial charge in [0.15, 0.2) is 0 Å². The van der Waals surface area contributed by atoms with E-state index in [1.54, 1.807) is 0 Å². The molecule has 0 aromatic carbocycles. The molecule has 1 rings (SSSR count). The van der Waals surface area contributed by atoms with E-state index in [1.165, 1.54) is 0 Å². The van der Waals surface area contributed by atoms with Crippen LogP contribution >= 0.6 is 0 Å². The van der Waals surface area contributed by atoms with Crippen LogP contribution < -0.4 is 5.73 Å². The fourth-order valence-corrected chi connectivity index (χ4v) is 2.23.